The molecule has 2 atom stereocenters. The maximum Gasteiger partial charge on any atom is 0.0539 e. The highest BCUT2D eigenvalue weighted by molar-refractivity contribution is 8.24. The Morgan fingerprint density at radius 2 is 2.27 bits per heavy atom. The first kappa shape index (κ1) is 7.86. The van der Waals surface area contributed by atoms with Crippen LogP contribution in [0.5, 0.6) is 0 Å². The Bertz CT molecular complexity index is 183. The third-order valence-corrected chi connectivity index (χ3v) is 4.82. The van der Waals surface area contributed by atoms with Gasteiger partial charge in [-0.1, -0.05) is 6.92 Å². The average Bonchev–Trinajstić information content (AvgIpc) is 2.16. The number of rotatable bonds is 0. The van der Waals surface area contributed by atoms with Gasteiger partial charge in [0.15, 0.2) is 0 Å². The van der Waals surface area contributed by atoms with Crippen molar-refractivity contribution in [2.45, 2.75) is 6.92 Å². The monoisotopic (exact) mass is 178 g/mol. The zero-order valence-corrected chi connectivity index (χ0v) is 7.43. The van der Waals surface area contributed by atoms with E-state index in [1.807, 2.05) is 0 Å². The standard InChI is InChI=1S/C7H14O3S/c1-7-4-10-2-6(7)3-11(8,9)5-7/h6,8-9H,2-5H2,1H3. The largest absolute Gasteiger partial charge is 0.380 e. The van der Waals surface area contributed by atoms with Crippen LogP contribution in [0.25, 0.3) is 0 Å². The zero-order valence-electron chi connectivity index (χ0n) is 6.62. The SMILES string of the molecule is CC12COCC1CS(O)(O)C2. The van der Waals surface area contributed by atoms with Crippen LogP contribution in [-0.4, -0.2) is 33.8 Å². The van der Waals surface area contributed by atoms with Crippen LogP contribution in [-0.2, 0) is 4.74 Å². The lowest BCUT2D eigenvalue weighted by molar-refractivity contribution is 0.166. The lowest BCUT2D eigenvalue weighted by atomic mass is 9.84. The molecule has 0 radical (unpaired) electrons. The Labute approximate surface area is 68.1 Å². The highest BCUT2D eigenvalue weighted by atomic mass is 32.3. The van der Waals surface area contributed by atoms with Crippen LogP contribution in [0, 0.1) is 11.3 Å². The molecule has 0 aromatic heterocycles. The summed E-state index contributed by atoms with van der Waals surface area (Å²) in [5.74, 6) is 1.49. The second-order valence-corrected chi connectivity index (χ2v) is 6.21. The molecule has 0 spiro atoms. The first-order valence-electron chi connectivity index (χ1n) is 3.83. The van der Waals surface area contributed by atoms with Crippen molar-refractivity contribution in [3.8, 4) is 0 Å². The minimum Gasteiger partial charge on any atom is -0.380 e. The van der Waals surface area contributed by atoms with Crippen LogP contribution < -0.4 is 0 Å². The molecule has 2 fully saturated rings. The second kappa shape index (κ2) is 2.13. The third-order valence-electron chi connectivity index (χ3n) is 2.77. The van der Waals surface area contributed by atoms with Crippen molar-refractivity contribution in [2.75, 3.05) is 24.7 Å². The maximum absolute atomic E-state index is 9.45. The third kappa shape index (κ3) is 1.18. The van der Waals surface area contributed by atoms with E-state index in [0.29, 0.717) is 30.6 Å². The molecule has 2 N–H and O–H groups in total. The second-order valence-electron chi connectivity index (χ2n) is 3.98. The molecule has 0 bridgehead atoms. The number of ether oxygens (including phenoxy) is 1. The number of hydrogen-bond acceptors (Lipinski definition) is 3. The van der Waals surface area contributed by atoms with Gasteiger partial charge in [-0.15, -0.1) is 0 Å². The van der Waals surface area contributed by atoms with Crippen molar-refractivity contribution in [3.63, 3.8) is 0 Å². The predicted octanol–water partition coefficient (Wildman–Crippen LogP) is 1.40. The molecule has 0 aromatic rings. The summed E-state index contributed by atoms with van der Waals surface area (Å²) >= 11 is 0. The molecule has 2 unspecified atom stereocenters. The van der Waals surface area contributed by atoms with Crippen LogP contribution in [0.3, 0.4) is 0 Å². The zero-order chi connectivity index (χ0) is 8.11. The molecule has 4 heteroatoms. The Hall–Kier alpha value is 0.230. The molecule has 3 nitrogen and oxygen atoms in total. The fourth-order valence-corrected chi connectivity index (χ4v) is 4.71. The van der Waals surface area contributed by atoms with Crippen LogP contribution in [0.2, 0.25) is 0 Å². The van der Waals surface area contributed by atoms with Crippen LogP contribution in [0.15, 0.2) is 0 Å². The van der Waals surface area contributed by atoms with E-state index in [1.54, 1.807) is 0 Å². The molecular weight excluding hydrogens is 164 g/mol. The molecule has 11 heavy (non-hydrogen) atoms. The van der Waals surface area contributed by atoms with Gasteiger partial charge >= 0.3 is 0 Å². The summed E-state index contributed by atoms with van der Waals surface area (Å²) in [7, 11) is -2.24. The van der Waals surface area contributed by atoms with E-state index >= 15 is 0 Å². The van der Waals surface area contributed by atoms with Crippen molar-refractivity contribution in [1.29, 1.82) is 0 Å². The van der Waals surface area contributed by atoms with E-state index in [-0.39, 0.29) is 5.41 Å². The van der Waals surface area contributed by atoms with Crippen molar-refractivity contribution in [1.82, 2.24) is 0 Å². The molecule has 0 aliphatic carbocycles. The molecule has 66 valence electrons. The summed E-state index contributed by atoms with van der Waals surface area (Å²) in [5.41, 5.74) is 0.0544. The maximum atomic E-state index is 9.45. The highest BCUT2D eigenvalue weighted by Crippen LogP contribution is 2.58. The van der Waals surface area contributed by atoms with E-state index in [2.05, 4.69) is 6.92 Å². The van der Waals surface area contributed by atoms with Crippen LogP contribution in [0.1, 0.15) is 6.92 Å². The molecular formula is C7H14O3S. The molecule has 2 rings (SSSR count). The van der Waals surface area contributed by atoms with E-state index in [4.69, 9.17) is 4.74 Å². The minimum atomic E-state index is -2.24. The van der Waals surface area contributed by atoms with E-state index in [1.165, 1.54) is 0 Å². The van der Waals surface area contributed by atoms with Gasteiger partial charge in [-0.3, -0.25) is 9.11 Å². The summed E-state index contributed by atoms with van der Waals surface area (Å²) in [6.45, 7) is 3.51. The first-order valence-corrected chi connectivity index (χ1v) is 5.72. The van der Waals surface area contributed by atoms with Gasteiger partial charge in [0, 0.05) is 22.8 Å². The fraction of sp³-hybridized carbons (Fsp3) is 1.00. The van der Waals surface area contributed by atoms with Crippen LogP contribution in [0.4, 0.5) is 0 Å². The van der Waals surface area contributed by atoms with Gasteiger partial charge in [-0.2, -0.15) is 10.6 Å². The number of fused-ring (bicyclic) bond motifs is 1. The van der Waals surface area contributed by atoms with Gasteiger partial charge in [0.1, 0.15) is 0 Å². The molecule has 0 saturated carbocycles. The van der Waals surface area contributed by atoms with E-state index in [9.17, 15) is 9.11 Å². The fourth-order valence-electron chi connectivity index (χ4n) is 2.07. The van der Waals surface area contributed by atoms with Crippen molar-refractivity contribution >= 4 is 10.6 Å². The Morgan fingerprint density at radius 3 is 2.91 bits per heavy atom. The van der Waals surface area contributed by atoms with Gasteiger partial charge < -0.3 is 4.74 Å². The Kier molecular flexibility index (Phi) is 1.52. The van der Waals surface area contributed by atoms with Crippen molar-refractivity contribution in [2.24, 2.45) is 11.3 Å². The van der Waals surface area contributed by atoms with E-state index in [0.717, 1.165) is 0 Å². The smallest absolute Gasteiger partial charge is 0.0539 e. The summed E-state index contributed by atoms with van der Waals surface area (Å²) in [6.07, 6.45) is 0. The van der Waals surface area contributed by atoms with Gasteiger partial charge in [-0.25, -0.2) is 0 Å². The lowest BCUT2D eigenvalue weighted by Crippen LogP contribution is -2.23. The van der Waals surface area contributed by atoms with Gasteiger partial charge in [0.2, 0.25) is 0 Å². The summed E-state index contributed by atoms with van der Waals surface area (Å²) in [4.78, 5) is 0. The van der Waals surface area contributed by atoms with Crippen LogP contribution >= 0.6 is 10.6 Å². The predicted molar refractivity (Wildman–Crippen MR) is 45.0 cm³/mol. The normalized spacial score (nSPS) is 50.6. The number of hydrogen-bond donors (Lipinski definition) is 2. The molecule has 2 aliphatic heterocycles. The summed E-state index contributed by atoms with van der Waals surface area (Å²) in [5, 5.41) is 0. The topological polar surface area (TPSA) is 49.7 Å². The molecule has 2 heterocycles. The van der Waals surface area contributed by atoms with Gasteiger partial charge in [-0.05, 0) is 0 Å². The summed E-state index contributed by atoms with van der Waals surface area (Å²) in [6, 6.07) is 0. The summed E-state index contributed by atoms with van der Waals surface area (Å²) < 4.78 is 24.2. The Morgan fingerprint density at radius 1 is 1.55 bits per heavy atom. The lowest BCUT2D eigenvalue weighted by Gasteiger charge is -2.28. The van der Waals surface area contributed by atoms with Gasteiger partial charge in [0.25, 0.3) is 0 Å². The van der Waals surface area contributed by atoms with Crippen molar-refractivity contribution < 1.29 is 13.8 Å². The van der Waals surface area contributed by atoms with Gasteiger partial charge in [0.05, 0.1) is 13.2 Å². The van der Waals surface area contributed by atoms with Crippen molar-refractivity contribution in [3.05, 3.63) is 0 Å². The molecule has 0 amide bonds. The molecule has 2 aliphatic rings. The quantitative estimate of drug-likeness (QED) is 0.589. The first-order chi connectivity index (χ1) is 5.02. The molecule has 2 saturated heterocycles. The average molecular weight is 178 g/mol. The Balaban J connectivity index is 2.19. The highest BCUT2D eigenvalue weighted by Gasteiger charge is 2.50. The van der Waals surface area contributed by atoms with E-state index < -0.39 is 10.6 Å². The minimum absolute atomic E-state index is 0.0544. The molecule has 0 aromatic carbocycles.